The average molecular weight is 562 g/mol. The molecule has 2 bridgehead atoms. The molecule has 1 saturated carbocycles. The summed E-state index contributed by atoms with van der Waals surface area (Å²) < 4.78 is 64.7. The number of nitrogens with zero attached hydrogens (tertiary/aromatic N) is 1. The Labute approximate surface area is 227 Å². The van der Waals surface area contributed by atoms with Crippen molar-refractivity contribution in [1.82, 2.24) is 14.9 Å². The van der Waals surface area contributed by atoms with Gasteiger partial charge in [0.15, 0.2) is 11.5 Å². The molecule has 1 aliphatic carbocycles. The van der Waals surface area contributed by atoms with Crippen molar-refractivity contribution in [2.75, 3.05) is 0 Å². The van der Waals surface area contributed by atoms with Crippen molar-refractivity contribution in [2.24, 2.45) is 0 Å². The third kappa shape index (κ3) is 5.49. The van der Waals surface area contributed by atoms with Crippen LogP contribution in [0.3, 0.4) is 0 Å². The van der Waals surface area contributed by atoms with Crippen LogP contribution in [-0.4, -0.2) is 54.3 Å². The molecule has 210 valence electrons. The number of rotatable bonds is 7. The molecule has 0 radical (unpaired) electrons. The average Bonchev–Trinajstić information content (AvgIpc) is 3.39. The molecule has 4 aliphatic rings. The summed E-state index contributed by atoms with van der Waals surface area (Å²) in [6, 6.07) is 14.0. The number of amides is 1. The van der Waals surface area contributed by atoms with Crippen LogP contribution in [0.15, 0.2) is 48.5 Å². The number of fused-ring (bicyclic) bond motifs is 3. The van der Waals surface area contributed by atoms with Gasteiger partial charge in [-0.1, -0.05) is 30.3 Å². The highest BCUT2D eigenvalue weighted by Crippen LogP contribution is 2.42. The van der Waals surface area contributed by atoms with E-state index in [2.05, 4.69) is 32.2 Å². The fourth-order valence-electron chi connectivity index (χ4n) is 6.62. The minimum absolute atomic E-state index is 0.117. The van der Waals surface area contributed by atoms with Crippen LogP contribution in [0.4, 0.5) is 8.78 Å². The maximum Gasteiger partial charge on any atom is 0.586 e. The second-order valence-electron chi connectivity index (χ2n) is 11.1. The molecular weight excluding hydrogens is 528 g/mol. The van der Waals surface area contributed by atoms with Gasteiger partial charge in [-0.25, -0.2) is 8.42 Å². The molecule has 39 heavy (non-hydrogen) atoms. The molecule has 0 aromatic heterocycles. The Bertz CT molecular complexity index is 1300. The van der Waals surface area contributed by atoms with E-state index in [1.54, 1.807) is 4.31 Å². The van der Waals surface area contributed by atoms with Gasteiger partial charge in [0.1, 0.15) is 0 Å². The molecule has 2 N–H and O–H groups in total. The number of benzene rings is 2. The number of carbonyl (C=O) groups excluding carboxylic acids is 1. The third-order valence-corrected chi connectivity index (χ3v) is 11.0. The second kappa shape index (κ2) is 10.3. The molecule has 11 heteroatoms. The minimum atomic E-state index is -3.74. The van der Waals surface area contributed by atoms with E-state index in [0.717, 1.165) is 32.2 Å². The lowest BCUT2D eigenvalue weighted by molar-refractivity contribution is -0.286. The molecule has 6 rings (SSSR count). The summed E-state index contributed by atoms with van der Waals surface area (Å²) in [6.07, 6.45) is 1.86. The largest absolute Gasteiger partial charge is 0.586 e. The van der Waals surface area contributed by atoms with Crippen LogP contribution >= 0.6 is 0 Å². The lowest BCUT2D eigenvalue weighted by Crippen LogP contribution is -2.55. The van der Waals surface area contributed by atoms with E-state index in [-0.39, 0.29) is 40.4 Å². The van der Waals surface area contributed by atoms with Gasteiger partial charge in [-0.05, 0) is 75.1 Å². The van der Waals surface area contributed by atoms with Crippen LogP contribution < -0.4 is 20.1 Å². The SMILES string of the molecule is O=C(N[C@@H]1C[C@H]2CC[C@@H](C1)N2S(=O)(=O)C1CCC(NCc2ccccc2)CC1)c1ccc2c(c1)OC(F)(F)O2. The summed E-state index contributed by atoms with van der Waals surface area (Å²) in [5, 5.41) is 6.19. The summed E-state index contributed by atoms with van der Waals surface area (Å²) in [6.45, 7) is 0.783. The highest BCUT2D eigenvalue weighted by Gasteiger charge is 2.50. The number of alkyl halides is 2. The van der Waals surface area contributed by atoms with E-state index < -0.39 is 22.2 Å². The molecule has 3 heterocycles. The number of halogens is 2. The van der Waals surface area contributed by atoms with E-state index in [9.17, 15) is 22.0 Å². The zero-order valence-corrected chi connectivity index (χ0v) is 22.3. The lowest BCUT2D eigenvalue weighted by Gasteiger charge is -2.41. The van der Waals surface area contributed by atoms with Gasteiger partial charge in [0.25, 0.3) is 5.91 Å². The maximum atomic E-state index is 13.7. The number of hydrogen-bond acceptors (Lipinski definition) is 6. The van der Waals surface area contributed by atoms with Gasteiger partial charge in [0.2, 0.25) is 10.0 Å². The molecule has 1 amide bonds. The predicted octanol–water partition coefficient (Wildman–Crippen LogP) is 4.16. The van der Waals surface area contributed by atoms with Gasteiger partial charge in [0, 0.05) is 36.3 Å². The molecule has 0 spiro atoms. The van der Waals surface area contributed by atoms with Crippen molar-refractivity contribution < 1.29 is 31.5 Å². The van der Waals surface area contributed by atoms with Crippen molar-refractivity contribution in [1.29, 1.82) is 0 Å². The van der Waals surface area contributed by atoms with Crippen LogP contribution in [0.25, 0.3) is 0 Å². The molecule has 0 unspecified atom stereocenters. The zero-order chi connectivity index (χ0) is 27.2. The molecule has 2 aromatic rings. The minimum Gasteiger partial charge on any atom is -0.395 e. The van der Waals surface area contributed by atoms with Crippen molar-refractivity contribution in [3.05, 3.63) is 59.7 Å². The highest BCUT2D eigenvalue weighted by atomic mass is 32.2. The number of piperidine rings is 1. The number of sulfonamides is 1. The quantitative estimate of drug-likeness (QED) is 0.527. The summed E-state index contributed by atoms with van der Waals surface area (Å²) >= 11 is 0. The number of ether oxygens (including phenoxy) is 2. The standard InChI is InChI=1S/C28H33F2N3O5S/c29-28(30)37-25-13-6-19(14-26(25)38-28)27(34)32-21-15-22-9-10-23(16-21)33(22)39(35,36)24-11-7-20(8-12-24)31-17-18-4-2-1-3-5-18/h1-6,13-14,20-24,31H,7-12,15-17H2,(H,32,34)/t20?,21-,22-,23+,24?. The maximum absolute atomic E-state index is 13.7. The Balaban J connectivity index is 1.03. The Morgan fingerprint density at radius 1 is 0.897 bits per heavy atom. The molecule has 8 nitrogen and oxygen atoms in total. The van der Waals surface area contributed by atoms with Gasteiger partial charge < -0.3 is 20.1 Å². The van der Waals surface area contributed by atoms with Crippen molar-refractivity contribution in [3.63, 3.8) is 0 Å². The van der Waals surface area contributed by atoms with Gasteiger partial charge >= 0.3 is 6.29 Å². The summed E-state index contributed by atoms with van der Waals surface area (Å²) in [5.41, 5.74) is 1.41. The second-order valence-corrected chi connectivity index (χ2v) is 13.2. The van der Waals surface area contributed by atoms with Gasteiger partial charge in [0.05, 0.1) is 5.25 Å². The van der Waals surface area contributed by atoms with Crippen LogP contribution in [0, 0.1) is 0 Å². The van der Waals surface area contributed by atoms with Gasteiger partial charge in [-0.15, -0.1) is 8.78 Å². The fourth-order valence-corrected chi connectivity index (χ4v) is 9.05. The predicted molar refractivity (Wildman–Crippen MR) is 140 cm³/mol. The van der Waals surface area contributed by atoms with E-state index in [1.807, 2.05) is 18.2 Å². The first kappa shape index (κ1) is 26.5. The number of nitrogens with one attached hydrogen (secondary N) is 2. The fraction of sp³-hybridized carbons (Fsp3) is 0.536. The van der Waals surface area contributed by atoms with Crippen molar-refractivity contribution in [3.8, 4) is 11.5 Å². The molecule has 3 aliphatic heterocycles. The van der Waals surface area contributed by atoms with Gasteiger partial charge in [-0.2, -0.15) is 4.31 Å². The topological polar surface area (TPSA) is 97.0 Å². The highest BCUT2D eigenvalue weighted by molar-refractivity contribution is 7.89. The van der Waals surface area contributed by atoms with Crippen molar-refractivity contribution >= 4 is 15.9 Å². The summed E-state index contributed by atoms with van der Waals surface area (Å²) in [5.74, 6) is -0.702. The van der Waals surface area contributed by atoms with Crippen LogP contribution in [0.1, 0.15) is 67.3 Å². The number of carbonyl (C=O) groups is 1. The van der Waals surface area contributed by atoms with E-state index in [4.69, 9.17) is 0 Å². The van der Waals surface area contributed by atoms with Crippen LogP contribution in [-0.2, 0) is 16.6 Å². The molecule has 3 fully saturated rings. The summed E-state index contributed by atoms with van der Waals surface area (Å²) in [4.78, 5) is 12.9. The zero-order valence-electron chi connectivity index (χ0n) is 21.5. The molecule has 2 aromatic carbocycles. The molecular formula is C28H33F2N3O5S. The third-order valence-electron chi connectivity index (χ3n) is 8.49. The normalized spacial score (nSPS) is 29.7. The summed E-state index contributed by atoms with van der Waals surface area (Å²) in [7, 11) is -3.44. The monoisotopic (exact) mass is 561 g/mol. The number of hydrogen-bond donors (Lipinski definition) is 2. The van der Waals surface area contributed by atoms with E-state index >= 15 is 0 Å². The Hall–Kier alpha value is -2.76. The first-order chi connectivity index (χ1) is 18.7. The molecule has 2 saturated heterocycles. The Kier molecular flexibility index (Phi) is 7.01. The Morgan fingerprint density at radius 2 is 1.56 bits per heavy atom. The van der Waals surface area contributed by atoms with Crippen LogP contribution in [0.2, 0.25) is 0 Å². The van der Waals surface area contributed by atoms with E-state index in [1.165, 1.54) is 23.8 Å². The smallest absolute Gasteiger partial charge is 0.395 e. The Morgan fingerprint density at radius 3 is 2.26 bits per heavy atom. The first-order valence-electron chi connectivity index (χ1n) is 13.7. The first-order valence-corrected chi connectivity index (χ1v) is 15.2. The molecule has 3 atom stereocenters. The van der Waals surface area contributed by atoms with Crippen molar-refractivity contribution in [2.45, 2.75) is 93.6 Å². The van der Waals surface area contributed by atoms with Crippen LogP contribution in [0.5, 0.6) is 11.5 Å². The van der Waals surface area contributed by atoms with E-state index in [0.29, 0.717) is 31.7 Å². The lowest BCUT2D eigenvalue weighted by atomic mass is 9.95. The van der Waals surface area contributed by atoms with Gasteiger partial charge in [-0.3, -0.25) is 4.79 Å².